The molecule has 22 heavy (non-hydrogen) atoms. The van der Waals surface area contributed by atoms with Crippen molar-refractivity contribution in [3.8, 4) is 11.5 Å². The number of ether oxygens (including phenoxy) is 2. The molecule has 0 aliphatic rings. The van der Waals surface area contributed by atoms with E-state index in [-0.39, 0.29) is 10.6 Å². The minimum Gasteiger partial charge on any atom is -0.497 e. The van der Waals surface area contributed by atoms with E-state index in [9.17, 15) is 8.42 Å². The number of methoxy groups -OCH3 is 2. The Morgan fingerprint density at radius 3 is 2.36 bits per heavy atom. The Bertz CT molecular complexity index is 790. The number of rotatable bonds is 5. The molecule has 0 amide bonds. The molecule has 0 spiro atoms. The number of aryl methyl sites for hydroxylation is 1. The molecule has 7 heteroatoms. The fraction of sp³-hybridized carbons (Fsp3) is 0.200. The van der Waals surface area contributed by atoms with Crippen molar-refractivity contribution in [1.29, 1.82) is 0 Å². The highest BCUT2D eigenvalue weighted by atomic mass is 127. The van der Waals surface area contributed by atoms with E-state index in [0.717, 1.165) is 9.13 Å². The van der Waals surface area contributed by atoms with Crippen molar-refractivity contribution in [2.75, 3.05) is 18.9 Å². The number of sulfonamides is 1. The van der Waals surface area contributed by atoms with E-state index in [1.54, 1.807) is 18.2 Å². The van der Waals surface area contributed by atoms with Crippen LogP contribution >= 0.6 is 22.6 Å². The molecule has 0 radical (unpaired) electrons. The third kappa shape index (κ3) is 3.64. The van der Waals surface area contributed by atoms with Crippen molar-refractivity contribution in [2.45, 2.75) is 11.8 Å². The van der Waals surface area contributed by atoms with Gasteiger partial charge in [0.25, 0.3) is 10.0 Å². The Balaban J connectivity index is 2.46. The number of anilines is 1. The first-order chi connectivity index (χ1) is 10.4. The molecule has 1 N–H and O–H groups in total. The summed E-state index contributed by atoms with van der Waals surface area (Å²) in [7, 11) is -0.873. The summed E-state index contributed by atoms with van der Waals surface area (Å²) < 4.78 is 39.1. The Labute approximate surface area is 143 Å². The van der Waals surface area contributed by atoms with Gasteiger partial charge in [-0.2, -0.15) is 0 Å². The SMILES string of the molecule is COc1ccc(OC)c(S(=O)(=O)Nc2ccc(I)cc2C)c1. The van der Waals surface area contributed by atoms with E-state index in [1.807, 2.05) is 19.1 Å². The molecule has 0 aliphatic carbocycles. The molecule has 0 aliphatic heterocycles. The lowest BCUT2D eigenvalue weighted by Gasteiger charge is -2.14. The van der Waals surface area contributed by atoms with Crippen molar-refractivity contribution in [3.05, 3.63) is 45.5 Å². The normalized spacial score (nSPS) is 11.1. The first kappa shape index (κ1) is 16.9. The molecule has 2 rings (SSSR count). The number of hydrogen-bond donors (Lipinski definition) is 1. The zero-order valence-corrected chi connectivity index (χ0v) is 15.4. The van der Waals surface area contributed by atoms with Gasteiger partial charge >= 0.3 is 0 Å². The minimum absolute atomic E-state index is 0.0345. The fourth-order valence-electron chi connectivity index (χ4n) is 1.94. The second-order valence-electron chi connectivity index (χ2n) is 4.58. The Morgan fingerprint density at radius 1 is 1.05 bits per heavy atom. The predicted molar refractivity (Wildman–Crippen MR) is 94.3 cm³/mol. The average molecular weight is 433 g/mol. The van der Waals surface area contributed by atoms with Gasteiger partial charge < -0.3 is 9.47 Å². The third-order valence-corrected chi connectivity index (χ3v) is 5.15. The molecule has 0 saturated carbocycles. The Hall–Kier alpha value is -1.48. The minimum atomic E-state index is -3.78. The molecule has 2 aromatic rings. The summed E-state index contributed by atoms with van der Waals surface area (Å²) in [4.78, 5) is 0.0345. The van der Waals surface area contributed by atoms with Gasteiger partial charge in [0.05, 0.1) is 19.9 Å². The van der Waals surface area contributed by atoms with Crippen LogP contribution in [0, 0.1) is 10.5 Å². The molecule has 0 heterocycles. The van der Waals surface area contributed by atoms with E-state index in [0.29, 0.717) is 11.4 Å². The fourth-order valence-corrected chi connectivity index (χ4v) is 3.90. The summed E-state index contributed by atoms with van der Waals surface area (Å²) in [5.74, 6) is 0.706. The standard InChI is InChI=1S/C15H16INO4S/c1-10-8-11(16)4-6-13(10)17-22(18,19)15-9-12(20-2)5-7-14(15)21-3/h4-9,17H,1-3H3. The van der Waals surface area contributed by atoms with Crippen molar-refractivity contribution in [1.82, 2.24) is 0 Å². The zero-order valence-electron chi connectivity index (χ0n) is 12.4. The van der Waals surface area contributed by atoms with Gasteiger partial charge in [0.15, 0.2) is 0 Å². The molecular formula is C15H16INO4S. The highest BCUT2D eigenvalue weighted by molar-refractivity contribution is 14.1. The van der Waals surface area contributed by atoms with E-state index in [2.05, 4.69) is 27.3 Å². The summed E-state index contributed by atoms with van der Waals surface area (Å²) in [6, 6.07) is 10.1. The number of benzene rings is 2. The maximum Gasteiger partial charge on any atom is 0.265 e. The van der Waals surface area contributed by atoms with Crippen LogP contribution in [0.2, 0.25) is 0 Å². The quantitative estimate of drug-likeness (QED) is 0.735. The molecule has 0 bridgehead atoms. The van der Waals surface area contributed by atoms with Gasteiger partial charge in [-0.05, 0) is 65.4 Å². The van der Waals surface area contributed by atoms with E-state index in [4.69, 9.17) is 9.47 Å². The maximum absolute atomic E-state index is 12.6. The van der Waals surface area contributed by atoms with Crippen LogP contribution in [-0.4, -0.2) is 22.6 Å². The lowest BCUT2D eigenvalue weighted by molar-refractivity contribution is 0.392. The predicted octanol–water partition coefficient (Wildman–Crippen LogP) is 3.42. The maximum atomic E-state index is 12.6. The topological polar surface area (TPSA) is 64.6 Å². The van der Waals surface area contributed by atoms with Crippen LogP contribution < -0.4 is 14.2 Å². The first-order valence-corrected chi connectivity index (χ1v) is 8.94. The Morgan fingerprint density at radius 2 is 1.77 bits per heavy atom. The van der Waals surface area contributed by atoms with Crippen LogP contribution in [0.25, 0.3) is 0 Å². The molecule has 2 aromatic carbocycles. The largest absolute Gasteiger partial charge is 0.497 e. The summed E-state index contributed by atoms with van der Waals surface area (Å²) in [5.41, 5.74) is 1.38. The Kier molecular flexibility index (Phi) is 5.17. The smallest absolute Gasteiger partial charge is 0.265 e. The summed E-state index contributed by atoms with van der Waals surface area (Å²) in [6.07, 6.45) is 0. The van der Waals surface area contributed by atoms with Crippen LogP contribution in [0.5, 0.6) is 11.5 Å². The van der Waals surface area contributed by atoms with Crippen LogP contribution in [0.3, 0.4) is 0 Å². The highest BCUT2D eigenvalue weighted by Crippen LogP contribution is 2.30. The molecule has 5 nitrogen and oxygen atoms in total. The van der Waals surface area contributed by atoms with Crippen molar-refractivity contribution < 1.29 is 17.9 Å². The van der Waals surface area contributed by atoms with Gasteiger partial charge in [0, 0.05) is 9.64 Å². The molecule has 0 aromatic heterocycles. The zero-order chi connectivity index (χ0) is 16.3. The van der Waals surface area contributed by atoms with Gasteiger partial charge in [-0.15, -0.1) is 0 Å². The van der Waals surface area contributed by atoms with Crippen molar-refractivity contribution in [3.63, 3.8) is 0 Å². The summed E-state index contributed by atoms with van der Waals surface area (Å²) in [5, 5.41) is 0. The van der Waals surface area contributed by atoms with E-state index >= 15 is 0 Å². The molecular weight excluding hydrogens is 417 g/mol. The lowest BCUT2D eigenvalue weighted by Crippen LogP contribution is -2.15. The second-order valence-corrected chi connectivity index (χ2v) is 7.48. The third-order valence-electron chi connectivity index (χ3n) is 3.09. The van der Waals surface area contributed by atoms with Gasteiger partial charge in [0.1, 0.15) is 16.4 Å². The summed E-state index contributed by atoms with van der Waals surface area (Å²) in [6.45, 7) is 1.85. The average Bonchev–Trinajstić information content (AvgIpc) is 2.49. The number of hydrogen-bond acceptors (Lipinski definition) is 4. The first-order valence-electron chi connectivity index (χ1n) is 6.38. The molecule has 118 valence electrons. The van der Waals surface area contributed by atoms with Gasteiger partial charge in [-0.25, -0.2) is 8.42 Å². The summed E-state index contributed by atoms with van der Waals surface area (Å²) >= 11 is 2.18. The van der Waals surface area contributed by atoms with Crippen molar-refractivity contribution in [2.24, 2.45) is 0 Å². The van der Waals surface area contributed by atoms with Crippen LogP contribution in [0.1, 0.15) is 5.56 Å². The van der Waals surface area contributed by atoms with Gasteiger partial charge in [-0.1, -0.05) is 0 Å². The van der Waals surface area contributed by atoms with Crippen LogP contribution in [-0.2, 0) is 10.0 Å². The molecule has 0 saturated heterocycles. The lowest BCUT2D eigenvalue weighted by atomic mass is 10.2. The van der Waals surface area contributed by atoms with Crippen molar-refractivity contribution >= 4 is 38.3 Å². The second kappa shape index (κ2) is 6.74. The number of nitrogens with one attached hydrogen (secondary N) is 1. The van der Waals surface area contributed by atoms with Gasteiger partial charge in [0.2, 0.25) is 0 Å². The monoisotopic (exact) mass is 433 g/mol. The molecule has 0 atom stereocenters. The molecule has 0 unspecified atom stereocenters. The molecule has 0 fully saturated rings. The van der Waals surface area contributed by atoms with Crippen LogP contribution in [0.4, 0.5) is 5.69 Å². The highest BCUT2D eigenvalue weighted by Gasteiger charge is 2.21. The van der Waals surface area contributed by atoms with E-state index < -0.39 is 10.0 Å². The van der Waals surface area contributed by atoms with Gasteiger partial charge in [-0.3, -0.25) is 4.72 Å². The van der Waals surface area contributed by atoms with E-state index in [1.165, 1.54) is 20.3 Å². The van der Waals surface area contributed by atoms with Crippen LogP contribution in [0.15, 0.2) is 41.3 Å². The number of halogens is 1.